The van der Waals surface area contributed by atoms with Crippen molar-refractivity contribution in [1.29, 1.82) is 0 Å². The fourth-order valence-corrected chi connectivity index (χ4v) is 3.46. The number of nitrogens with one attached hydrogen (secondary N) is 1. The number of hydrogen-bond acceptors (Lipinski definition) is 5. The largest absolute Gasteiger partial charge is 0.349 e. The van der Waals surface area contributed by atoms with Gasteiger partial charge in [0, 0.05) is 10.0 Å². The van der Waals surface area contributed by atoms with Gasteiger partial charge < -0.3 is 5.32 Å². The lowest BCUT2D eigenvalue weighted by atomic mass is 10.1. The van der Waals surface area contributed by atoms with Crippen molar-refractivity contribution in [2.75, 3.05) is 5.75 Å². The van der Waals surface area contributed by atoms with Crippen LogP contribution in [-0.2, 0) is 4.79 Å². The van der Waals surface area contributed by atoms with E-state index in [1.165, 1.54) is 11.8 Å². The third-order valence-electron chi connectivity index (χ3n) is 3.59. The van der Waals surface area contributed by atoms with E-state index < -0.39 is 0 Å². The van der Waals surface area contributed by atoms with E-state index >= 15 is 0 Å². The zero-order valence-corrected chi connectivity index (χ0v) is 16.1. The third kappa shape index (κ3) is 4.55. The molecule has 0 saturated carbocycles. The quantitative estimate of drug-likeness (QED) is 0.626. The average Bonchev–Trinajstić information content (AvgIpc) is 3.09. The van der Waals surface area contributed by atoms with Crippen LogP contribution < -0.4 is 5.32 Å². The molecule has 1 amide bonds. The summed E-state index contributed by atoms with van der Waals surface area (Å²) >= 11 is 13.3. The molecule has 2 aromatic carbocycles. The van der Waals surface area contributed by atoms with Crippen LogP contribution in [0.25, 0.3) is 5.69 Å². The Labute approximate surface area is 164 Å². The van der Waals surface area contributed by atoms with Gasteiger partial charge >= 0.3 is 0 Å². The number of hydrogen-bond donors (Lipinski definition) is 1. The van der Waals surface area contributed by atoms with Gasteiger partial charge in [-0.1, -0.05) is 53.2 Å². The summed E-state index contributed by atoms with van der Waals surface area (Å²) in [6.45, 7) is 1.89. The van der Waals surface area contributed by atoms with E-state index in [0.29, 0.717) is 15.2 Å². The first-order valence-corrected chi connectivity index (χ1v) is 9.49. The molecule has 0 fully saturated rings. The highest BCUT2D eigenvalue weighted by Gasteiger charge is 2.15. The molecule has 0 bridgehead atoms. The van der Waals surface area contributed by atoms with Gasteiger partial charge in [0.25, 0.3) is 0 Å². The molecular formula is C17H15Cl2N5OS. The molecule has 0 radical (unpaired) electrons. The molecule has 6 nitrogen and oxygen atoms in total. The number of nitrogens with zero attached hydrogens (tertiary/aromatic N) is 4. The monoisotopic (exact) mass is 407 g/mol. The van der Waals surface area contributed by atoms with Gasteiger partial charge in [0.1, 0.15) is 0 Å². The van der Waals surface area contributed by atoms with Crippen molar-refractivity contribution in [3.63, 3.8) is 0 Å². The molecule has 1 aromatic heterocycles. The van der Waals surface area contributed by atoms with E-state index in [1.54, 1.807) is 22.9 Å². The Bertz CT molecular complexity index is 900. The second kappa shape index (κ2) is 8.53. The van der Waals surface area contributed by atoms with E-state index in [4.69, 9.17) is 23.2 Å². The highest BCUT2D eigenvalue weighted by molar-refractivity contribution is 7.99. The van der Waals surface area contributed by atoms with Crippen LogP contribution in [0.3, 0.4) is 0 Å². The molecule has 0 saturated heterocycles. The van der Waals surface area contributed by atoms with Crippen molar-refractivity contribution in [1.82, 2.24) is 25.5 Å². The molecule has 9 heteroatoms. The Kier molecular flexibility index (Phi) is 6.13. The zero-order chi connectivity index (χ0) is 18.5. The van der Waals surface area contributed by atoms with Crippen LogP contribution in [-0.4, -0.2) is 31.9 Å². The summed E-state index contributed by atoms with van der Waals surface area (Å²) in [5.74, 6) is 0.0519. The highest BCUT2D eigenvalue weighted by atomic mass is 35.5. The molecule has 134 valence electrons. The molecule has 1 atom stereocenters. The number of carbonyl (C=O) groups excluding carboxylic acids is 1. The minimum Gasteiger partial charge on any atom is -0.349 e. The first-order valence-electron chi connectivity index (χ1n) is 7.75. The third-order valence-corrected chi connectivity index (χ3v) is 5.11. The number of halogens is 2. The maximum atomic E-state index is 12.3. The van der Waals surface area contributed by atoms with Crippen molar-refractivity contribution in [3.8, 4) is 5.69 Å². The standard InChI is InChI=1S/C17H15Cl2N5OS/c1-11(14-4-2-3-5-15(14)19)20-16(25)10-26-17-21-22-23-24(17)13-8-6-12(18)7-9-13/h2-9,11H,10H2,1H3,(H,20,25). The summed E-state index contributed by atoms with van der Waals surface area (Å²) in [6.07, 6.45) is 0. The first-order chi connectivity index (χ1) is 12.5. The summed E-state index contributed by atoms with van der Waals surface area (Å²) in [5.41, 5.74) is 1.64. The molecule has 3 aromatic rings. The molecule has 1 unspecified atom stereocenters. The lowest BCUT2D eigenvalue weighted by Gasteiger charge is -2.15. The van der Waals surface area contributed by atoms with Gasteiger partial charge in [-0.15, -0.1) is 5.10 Å². The number of carbonyl (C=O) groups is 1. The Morgan fingerprint density at radius 1 is 1.19 bits per heavy atom. The number of thioether (sulfide) groups is 1. The minimum absolute atomic E-state index is 0.131. The normalized spacial score (nSPS) is 12.0. The summed E-state index contributed by atoms with van der Waals surface area (Å²) in [5, 5.41) is 16.3. The second-order valence-corrected chi connectivity index (χ2v) is 7.24. The van der Waals surface area contributed by atoms with Crippen molar-refractivity contribution >= 4 is 40.9 Å². The number of benzene rings is 2. The van der Waals surface area contributed by atoms with Crippen LogP contribution in [0.15, 0.2) is 53.7 Å². The number of rotatable bonds is 6. The molecule has 26 heavy (non-hydrogen) atoms. The van der Waals surface area contributed by atoms with Gasteiger partial charge in [-0.2, -0.15) is 4.68 Å². The number of tetrazole rings is 1. The summed E-state index contributed by atoms with van der Waals surface area (Å²) in [6, 6.07) is 14.4. The fraction of sp³-hybridized carbons (Fsp3) is 0.176. The van der Waals surface area contributed by atoms with Crippen LogP contribution in [0.5, 0.6) is 0 Å². The van der Waals surface area contributed by atoms with Gasteiger partial charge in [0.15, 0.2) is 0 Å². The number of amides is 1. The molecular weight excluding hydrogens is 393 g/mol. The van der Waals surface area contributed by atoms with Crippen LogP contribution in [0.2, 0.25) is 10.0 Å². The second-order valence-electron chi connectivity index (χ2n) is 5.45. The van der Waals surface area contributed by atoms with Gasteiger partial charge in [0.2, 0.25) is 11.1 Å². The summed E-state index contributed by atoms with van der Waals surface area (Å²) < 4.78 is 1.56. The Hall–Kier alpha value is -2.09. The lowest BCUT2D eigenvalue weighted by Crippen LogP contribution is -2.28. The van der Waals surface area contributed by atoms with E-state index in [9.17, 15) is 4.79 Å². The van der Waals surface area contributed by atoms with E-state index in [0.717, 1.165) is 11.3 Å². The maximum absolute atomic E-state index is 12.3. The number of aromatic nitrogens is 4. The maximum Gasteiger partial charge on any atom is 0.230 e. The smallest absolute Gasteiger partial charge is 0.230 e. The molecule has 1 heterocycles. The van der Waals surface area contributed by atoms with Gasteiger partial charge in [0.05, 0.1) is 17.5 Å². The van der Waals surface area contributed by atoms with Crippen molar-refractivity contribution in [3.05, 3.63) is 64.1 Å². The molecule has 0 aliphatic rings. The van der Waals surface area contributed by atoms with E-state index in [-0.39, 0.29) is 17.7 Å². The molecule has 0 spiro atoms. The van der Waals surface area contributed by atoms with Gasteiger partial charge in [-0.05, 0) is 53.2 Å². The molecule has 0 aliphatic heterocycles. The predicted octanol–water partition coefficient (Wildman–Crippen LogP) is 3.94. The van der Waals surface area contributed by atoms with Crippen LogP contribution >= 0.6 is 35.0 Å². The minimum atomic E-state index is -0.191. The Morgan fingerprint density at radius 2 is 1.92 bits per heavy atom. The first kappa shape index (κ1) is 18.7. The van der Waals surface area contributed by atoms with Crippen LogP contribution in [0, 0.1) is 0 Å². The van der Waals surface area contributed by atoms with Gasteiger partial charge in [-0.3, -0.25) is 4.79 Å². The van der Waals surface area contributed by atoms with Crippen molar-refractivity contribution in [2.24, 2.45) is 0 Å². The molecule has 1 N–H and O–H groups in total. The van der Waals surface area contributed by atoms with E-state index in [1.807, 2.05) is 37.3 Å². The predicted molar refractivity (Wildman–Crippen MR) is 103 cm³/mol. The Morgan fingerprint density at radius 3 is 2.65 bits per heavy atom. The van der Waals surface area contributed by atoms with Crippen molar-refractivity contribution in [2.45, 2.75) is 18.1 Å². The fourth-order valence-electron chi connectivity index (χ4n) is 2.33. The highest BCUT2D eigenvalue weighted by Crippen LogP contribution is 2.23. The van der Waals surface area contributed by atoms with Crippen LogP contribution in [0.1, 0.15) is 18.5 Å². The summed E-state index contributed by atoms with van der Waals surface area (Å²) in [7, 11) is 0. The van der Waals surface area contributed by atoms with Crippen LogP contribution in [0.4, 0.5) is 0 Å². The molecule has 3 rings (SSSR count). The van der Waals surface area contributed by atoms with Gasteiger partial charge in [-0.25, -0.2) is 0 Å². The van der Waals surface area contributed by atoms with E-state index in [2.05, 4.69) is 20.8 Å². The topological polar surface area (TPSA) is 72.7 Å². The summed E-state index contributed by atoms with van der Waals surface area (Å²) in [4.78, 5) is 12.3. The molecule has 0 aliphatic carbocycles. The average molecular weight is 408 g/mol. The SMILES string of the molecule is CC(NC(=O)CSc1nnnn1-c1ccc(Cl)cc1)c1ccccc1Cl. The lowest BCUT2D eigenvalue weighted by molar-refractivity contribution is -0.119. The zero-order valence-electron chi connectivity index (χ0n) is 13.8. The Balaban J connectivity index is 1.61. The van der Waals surface area contributed by atoms with Crippen molar-refractivity contribution < 1.29 is 4.79 Å².